The van der Waals surface area contributed by atoms with E-state index in [0.29, 0.717) is 28.9 Å². The molecular formula is C34H43N3O5. The van der Waals surface area contributed by atoms with E-state index in [4.69, 9.17) is 9.57 Å². The zero-order chi connectivity index (χ0) is 29.8. The van der Waals surface area contributed by atoms with Gasteiger partial charge in [0, 0.05) is 40.2 Å². The topological polar surface area (TPSA) is 104 Å². The van der Waals surface area contributed by atoms with Gasteiger partial charge in [-0.05, 0) is 49.0 Å². The van der Waals surface area contributed by atoms with Gasteiger partial charge in [-0.15, -0.1) is 0 Å². The maximum absolute atomic E-state index is 14.0. The lowest BCUT2D eigenvalue weighted by Gasteiger charge is -2.62. The minimum atomic E-state index is -0.853. The molecule has 1 amide bonds. The molecular weight excluding hydrogens is 530 g/mol. The number of para-hydroxylation sites is 2. The monoisotopic (exact) mass is 573 g/mol. The van der Waals surface area contributed by atoms with E-state index in [-0.39, 0.29) is 25.1 Å². The molecule has 3 N–H and O–H groups in total. The van der Waals surface area contributed by atoms with E-state index < -0.39 is 24.2 Å². The number of rotatable bonds is 8. The molecule has 42 heavy (non-hydrogen) atoms. The van der Waals surface area contributed by atoms with Crippen LogP contribution in [0.3, 0.4) is 0 Å². The van der Waals surface area contributed by atoms with Crippen molar-refractivity contribution in [3.63, 3.8) is 0 Å². The van der Waals surface area contributed by atoms with Gasteiger partial charge in [0.05, 0.1) is 31.9 Å². The lowest BCUT2D eigenvalue weighted by Crippen LogP contribution is -2.62. The van der Waals surface area contributed by atoms with Gasteiger partial charge in [0.1, 0.15) is 17.9 Å². The average Bonchev–Trinajstić information content (AvgIpc) is 3.36. The van der Waals surface area contributed by atoms with E-state index in [1.807, 2.05) is 48.5 Å². The second kappa shape index (κ2) is 11.2. The van der Waals surface area contributed by atoms with Crippen LogP contribution in [0.15, 0.2) is 54.7 Å². The number of methoxy groups -OCH3 is 1. The van der Waals surface area contributed by atoms with Crippen LogP contribution in [0, 0.1) is 29.1 Å². The van der Waals surface area contributed by atoms with Crippen molar-refractivity contribution in [1.29, 1.82) is 0 Å². The maximum atomic E-state index is 14.0. The number of hydroxylamine groups is 2. The summed E-state index contributed by atoms with van der Waals surface area (Å²) in [6.45, 7) is 8.54. The molecule has 2 heterocycles. The number of fused-ring (bicyclic) bond motifs is 3. The van der Waals surface area contributed by atoms with Crippen molar-refractivity contribution >= 4 is 16.8 Å². The summed E-state index contributed by atoms with van der Waals surface area (Å²) < 4.78 is 5.98. The lowest BCUT2D eigenvalue weighted by molar-refractivity contribution is -0.183. The molecule has 4 fully saturated rings. The van der Waals surface area contributed by atoms with E-state index >= 15 is 0 Å². The molecule has 8 nitrogen and oxygen atoms in total. The Morgan fingerprint density at radius 1 is 1.17 bits per heavy atom. The van der Waals surface area contributed by atoms with Crippen LogP contribution in [0.5, 0.6) is 5.75 Å². The number of aliphatic hydroxyl groups is 2. The number of aliphatic hydroxyl groups excluding tert-OH is 2. The van der Waals surface area contributed by atoms with Gasteiger partial charge in [0.2, 0.25) is 5.91 Å². The SMILES string of the molecule is COc1c(CN2O[C@@H](CO)[C@H]([C@H](C)O)[C@H]2C(=O)N[C@H]2C[C@H]3C[C@@H]([C@@H]2C)C3(C)C)cccc1-c1cccc2cccnc12. The van der Waals surface area contributed by atoms with Gasteiger partial charge in [0.15, 0.2) is 0 Å². The first-order valence-electron chi connectivity index (χ1n) is 15.2. The van der Waals surface area contributed by atoms with Gasteiger partial charge in [-0.1, -0.05) is 63.2 Å². The number of amides is 1. The largest absolute Gasteiger partial charge is 0.496 e. The van der Waals surface area contributed by atoms with Crippen LogP contribution in [0.2, 0.25) is 0 Å². The summed E-state index contributed by atoms with van der Waals surface area (Å²) in [4.78, 5) is 24.9. The molecule has 8 heteroatoms. The van der Waals surface area contributed by atoms with Crippen LogP contribution in [-0.2, 0) is 16.2 Å². The fourth-order valence-electron chi connectivity index (χ4n) is 8.14. The van der Waals surface area contributed by atoms with Gasteiger partial charge >= 0.3 is 0 Å². The van der Waals surface area contributed by atoms with Crippen LogP contribution in [0.1, 0.15) is 46.1 Å². The van der Waals surface area contributed by atoms with Crippen molar-refractivity contribution in [2.75, 3.05) is 13.7 Å². The molecule has 8 atom stereocenters. The van der Waals surface area contributed by atoms with Gasteiger partial charge in [-0.2, -0.15) is 5.06 Å². The Labute approximate surface area is 248 Å². The van der Waals surface area contributed by atoms with E-state index in [9.17, 15) is 15.0 Å². The predicted octanol–water partition coefficient (Wildman–Crippen LogP) is 4.57. The number of carbonyl (C=O) groups excluding carboxylic acids is 1. The number of aromatic nitrogens is 1. The summed E-state index contributed by atoms with van der Waals surface area (Å²) in [5, 5.41) is 27.0. The number of carbonyl (C=O) groups is 1. The second-order valence-corrected chi connectivity index (χ2v) is 13.1. The number of nitrogens with one attached hydrogen (secondary N) is 1. The Morgan fingerprint density at radius 3 is 2.60 bits per heavy atom. The number of benzene rings is 2. The highest BCUT2D eigenvalue weighted by Gasteiger charge is 2.57. The third-order valence-electron chi connectivity index (χ3n) is 10.6. The first-order chi connectivity index (χ1) is 20.1. The van der Waals surface area contributed by atoms with Gasteiger partial charge in [-0.3, -0.25) is 14.6 Å². The molecule has 1 aromatic heterocycles. The van der Waals surface area contributed by atoms with Crippen molar-refractivity contribution in [1.82, 2.24) is 15.4 Å². The third kappa shape index (κ3) is 4.78. The van der Waals surface area contributed by atoms with Gasteiger partial charge in [-0.25, -0.2) is 0 Å². The zero-order valence-corrected chi connectivity index (χ0v) is 25.2. The highest BCUT2D eigenvalue weighted by Crippen LogP contribution is 2.61. The Bertz CT molecular complexity index is 1450. The molecule has 3 aromatic rings. The number of hydrogen-bond acceptors (Lipinski definition) is 7. The van der Waals surface area contributed by atoms with Gasteiger partial charge < -0.3 is 20.3 Å². The second-order valence-electron chi connectivity index (χ2n) is 13.1. The van der Waals surface area contributed by atoms with Crippen LogP contribution in [-0.4, -0.2) is 64.2 Å². The van der Waals surface area contributed by atoms with Crippen molar-refractivity contribution in [3.8, 4) is 16.9 Å². The number of hydrogen-bond donors (Lipinski definition) is 3. The minimum absolute atomic E-state index is 0.0793. The Morgan fingerprint density at radius 2 is 1.90 bits per heavy atom. The molecule has 3 aliphatic carbocycles. The Balaban J connectivity index is 1.31. The van der Waals surface area contributed by atoms with Crippen molar-refractivity contribution in [2.45, 2.75) is 71.4 Å². The first kappa shape index (κ1) is 29.1. The normalized spacial score (nSPS) is 31.0. The molecule has 1 aliphatic heterocycles. The summed E-state index contributed by atoms with van der Waals surface area (Å²) in [5.74, 6) is 1.48. The third-order valence-corrected chi connectivity index (χ3v) is 10.6. The van der Waals surface area contributed by atoms with E-state index in [1.54, 1.807) is 25.3 Å². The van der Waals surface area contributed by atoms with Crippen molar-refractivity contribution in [3.05, 3.63) is 60.3 Å². The number of nitrogens with zero attached hydrogens (tertiary/aromatic N) is 2. The molecule has 3 saturated carbocycles. The van der Waals surface area contributed by atoms with Crippen LogP contribution in [0.4, 0.5) is 0 Å². The van der Waals surface area contributed by atoms with E-state index in [0.717, 1.165) is 34.0 Å². The number of pyridine rings is 1. The predicted molar refractivity (Wildman–Crippen MR) is 161 cm³/mol. The standard InChI is InChI=1S/C34H43N3O5/c1-19-26-15-23(34(26,3)4)16-27(19)36-33(40)31-29(20(2)39)28(18-38)42-37(31)17-22-10-7-13-25(32(22)41-5)24-12-6-9-21-11-8-14-35-30(21)24/h6-14,19-20,23,26-29,31,38-39H,15-18H2,1-5H3,(H,36,40)/t19-,20-,23+,26-,27-,28-,29-,31-/m0/s1. The summed E-state index contributed by atoms with van der Waals surface area (Å²) in [5.41, 5.74) is 3.86. The molecule has 2 aromatic carbocycles. The maximum Gasteiger partial charge on any atom is 0.240 e. The highest BCUT2D eigenvalue weighted by molar-refractivity contribution is 5.95. The fraction of sp³-hybridized carbons (Fsp3) is 0.529. The Kier molecular flexibility index (Phi) is 7.77. The average molecular weight is 574 g/mol. The van der Waals surface area contributed by atoms with Crippen molar-refractivity contribution in [2.24, 2.45) is 29.1 Å². The lowest BCUT2D eigenvalue weighted by atomic mass is 9.45. The van der Waals surface area contributed by atoms with Gasteiger partial charge in [0.25, 0.3) is 0 Å². The quantitative estimate of drug-likeness (QED) is 0.363. The zero-order valence-electron chi connectivity index (χ0n) is 25.2. The van der Waals surface area contributed by atoms with Crippen molar-refractivity contribution < 1.29 is 24.6 Å². The molecule has 0 spiro atoms. The molecule has 2 bridgehead atoms. The minimum Gasteiger partial charge on any atom is -0.496 e. The molecule has 224 valence electrons. The summed E-state index contributed by atoms with van der Waals surface area (Å²) in [6, 6.07) is 15.3. The van der Waals surface area contributed by atoms with E-state index in [2.05, 4.69) is 31.1 Å². The highest BCUT2D eigenvalue weighted by atomic mass is 16.7. The van der Waals surface area contributed by atoms with E-state index in [1.165, 1.54) is 6.42 Å². The molecule has 0 radical (unpaired) electrons. The van der Waals surface area contributed by atoms with Crippen LogP contribution in [0.25, 0.3) is 22.0 Å². The molecule has 1 saturated heterocycles. The van der Waals surface area contributed by atoms with Crippen LogP contribution >= 0.6 is 0 Å². The summed E-state index contributed by atoms with van der Waals surface area (Å²) in [6.07, 6.45) is 2.42. The first-order valence-corrected chi connectivity index (χ1v) is 15.2. The molecule has 0 unspecified atom stereocenters. The Hall–Kier alpha value is -3.04. The molecule has 4 aliphatic rings. The molecule has 7 rings (SSSR count). The number of ether oxygens (including phenoxy) is 1. The smallest absolute Gasteiger partial charge is 0.240 e. The van der Waals surface area contributed by atoms with Crippen LogP contribution < -0.4 is 10.1 Å². The summed E-state index contributed by atoms with van der Waals surface area (Å²) >= 11 is 0. The fourth-order valence-corrected chi connectivity index (χ4v) is 8.14. The summed E-state index contributed by atoms with van der Waals surface area (Å²) in [7, 11) is 1.64.